The molecule has 0 amide bonds. The molecule has 0 heterocycles. The Morgan fingerprint density at radius 3 is 2.81 bits per heavy atom. The lowest BCUT2D eigenvalue weighted by Gasteiger charge is -2.28. The van der Waals surface area contributed by atoms with E-state index in [4.69, 9.17) is 4.74 Å². The summed E-state index contributed by atoms with van der Waals surface area (Å²) in [6.45, 7) is 11.8. The van der Waals surface area contributed by atoms with E-state index in [1.807, 2.05) is 6.92 Å². The second-order valence-corrected chi connectivity index (χ2v) is 5.24. The van der Waals surface area contributed by atoms with E-state index in [2.05, 4.69) is 18.8 Å². The Balaban J connectivity index is 1.95. The lowest BCUT2D eigenvalue weighted by Crippen LogP contribution is -2.31. The van der Waals surface area contributed by atoms with Gasteiger partial charge in [-0.25, -0.2) is 0 Å². The van der Waals surface area contributed by atoms with E-state index in [-0.39, 0.29) is 0 Å². The molecule has 0 aromatic heterocycles. The molecule has 1 fully saturated rings. The third-order valence-electron chi connectivity index (χ3n) is 3.47. The van der Waals surface area contributed by atoms with Crippen molar-refractivity contribution in [2.24, 2.45) is 11.8 Å². The van der Waals surface area contributed by atoms with E-state index in [1.165, 1.54) is 25.7 Å². The number of hydrogen-bond acceptors (Lipinski definition) is 2. The first-order chi connectivity index (χ1) is 7.70. The zero-order valence-electron chi connectivity index (χ0n) is 10.9. The molecule has 0 aromatic rings. The number of rotatable bonds is 7. The molecular weight excluding hydrogens is 198 g/mol. The fourth-order valence-corrected chi connectivity index (χ4v) is 2.37. The maximum absolute atomic E-state index is 5.45. The van der Waals surface area contributed by atoms with Gasteiger partial charge in [-0.05, 0) is 31.7 Å². The molecule has 2 heteroatoms. The van der Waals surface area contributed by atoms with E-state index in [0.29, 0.717) is 6.61 Å². The Bertz CT molecular complexity index is 203. The van der Waals surface area contributed by atoms with Crippen LogP contribution >= 0.6 is 0 Å². The van der Waals surface area contributed by atoms with E-state index < -0.39 is 0 Å². The Kier molecular flexibility index (Phi) is 6.74. The molecule has 0 aromatic carbocycles. The zero-order chi connectivity index (χ0) is 11.8. The van der Waals surface area contributed by atoms with Crippen LogP contribution in [0.4, 0.5) is 0 Å². The lowest BCUT2D eigenvalue weighted by atomic mass is 9.80. The Morgan fingerprint density at radius 2 is 2.12 bits per heavy atom. The van der Waals surface area contributed by atoms with Crippen LogP contribution in [-0.4, -0.2) is 26.3 Å². The molecule has 0 saturated heterocycles. The average molecular weight is 225 g/mol. The van der Waals surface area contributed by atoms with Crippen LogP contribution in [0.3, 0.4) is 0 Å². The minimum atomic E-state index is 0.696. The summed E-state index contributed by atoms with van der Waals surface area (Å²) in [5, 5.41) is 3.50. The van der Waals surface area contributed by atoms with Crippen LogP contribution in [0.2, 0.25) is 0 Å². The predicted octanol–water partition coefficient (Wildman–Crippen LogP) is 3.00. The van der Waals surface area contributed by atoms with Crippen molar-refractivity contribution < 1.29 is 4.74 Å². The van der Waals surface area contributed by atoms with Gasteiger partial charge in [-0.3, -0.25) is 0 Å². The molecule has 0 spiro atoms. The molecule has 2 unspecified atom stereocenters. The molecule has 0 radical (unpaired) electrons. The SMILES string of the molecule is C=C(C)COCCNCC1CCCCC1C. The van der Waals surface area contributed by atoms with E-state index >= 15 is 0 Å². The van der Waals surface area contributed by atoms with Gasteiger partial charge in [-0.2, -0.15) is 0 Å². The third-order valence-corrected chi connectivity index (χ3v) is 3.47. The molecule has 1 rings (SSSR count). The first kappa shape index (κ1) is 13.7. The molecular formula is C14H27NO. The molecule has 94 valence electrons. The molecule has 1 aliphatic carbocycles. The topological polar surface area (TPSA) is 21.3 Å². The predicted molar refractivity (Wildman–Crippen MR) is 69.6 cm³/mol. The van der Waals surface area contributed by atoms with Crippen molar-refractivity contribution in [3.05, 3.63) is 12.2 Å². The summed E-state index contributed by atoms with van der Waals surface area (Å²) in [6.07, 6.45) is 5.67. The second-order valence-electron chi connectivity index (χ2n) is 5.24. The van der Waals surface area contributed by atoms with Gasteiger partial charge in [0.2, 0.25) is 0 Å². The van der Waals surface area contributed by atoms with Gasteiger partial charge in [-0.1, -0.05) is 38.3 Å². The Morgan fingerprint density at radius 1 is 1.38 bits per heavy atom. The molecule has 1 saturated carbocycles. The fourth-order valence-electron chi connectivity index (χ4n) is 2.37. The highest BCUT2D eigenvalue weighted by atomic mass is 16.5. The highest BCUT2D eigenvalue weighted by Crippen LogP contribution is 2.28. The van der Waals surface area contributed by atoms with Crippen LogP contribution in [-0.2, 0) is 4.74 Å². The number of ether oxygens (including phenoxy) is 1. The highest BCUT2D eigenvalue weighted by molar-refractivity contribution is 4.87. The van der Waals surface area contributed by atoms with Crippen LogP contribution in [0, 0.1) is 11.8 Å². The van der Waals surface area contributed by atoms with Gasteiger partial charge in [0.25, 0.3) is 0 Å². The third kappa shape index (κ3) is 5.66. The zero-order valence-corrected chi connectivity index (χ0v) is 10.9. The van der Waals surface area contributed by atoms with Gasteiger partial charge < -0.3 is 10.1 Å². The largest absolute Gasteiger partial charge is 0.376 e. The van der Waals surface area contributed by atoms with Crippen LogP contribution in [0.15, 0.2) is 12.2 Å². The first-order valence-electron chi connectivity index (χ1n) is 6.63. The summed E-state index contributed by atoms with van der Waals surface area (Å²) >= 11 is 0. The van der Waals surface area contributed by atoms with Gasteiger partial charge in [-0.15, -0.1) is 0 Å². The first-order valence-corrected chi connectivity index (χ1v) is 6.63. The summed E-state index contributed by atoms with van der Waals surface area (Å²) in [6, 6.07) is 0. The number of nitrogens with one attached hydrogen (secondary N) is 1. The summed E-state index contributed by atoms with van der Waals surface area (Å²) in [7, 11) is 0. The van der Waals surface area contributed by atoms with Gasteiger partial charge in [0, 0.05) is 6.54 Å². The molecule has 0 aliphatic heterocycles. The van der Waals surface area contributed by atoms with Gasteiger partial charge in [0.1, 0.15) is 0 Å². The van der Waals surface area contributed by atoms with Crippen molar-refractivity contribution in [1.29, 1.82) is 0 Å². The van der Waals surface area contributed by atoms with Crippen molar-refractivity contribution in [3.8, 4) is 0 Å². The van der Waals surface area contributed by atoms with Crippen molar-refractivity contribution in [2.75, 3.05) is 26.3 Å². The van der Waals surface area contributed by atoms with E-state index in [1.54, 1.807) is 0 Å². The van der Waals surface area contributed by atoms with E-state index in [9.17, 15) is 0 Å². The summed E-state index contributed by atoms with van der Waals surface area (Å²) < 4.78 is 5.45. The Hall–Kier alpha value is -0.340. The van der Waals surface area contributed by atoms with Crippen LogP contribution in [0.25, 0.3) is 0 Å². The molecule has 16 heavy (non-hydrogen) atoms. The molecule has 2 nitrogen and oxygen atoms in total. The second kappa shape index (κ2) is 7.86. The minimum Gasteiger partial charge on any atom is -0.376 e. The highest BCUT2D eigenvalue weighted by Gasteiger charge is 2.20. The van der Waals surface area contributed by atoms with Crippen LogP contribution < -0.4 is 5.32 Å². The summed E-state index contributed by atoms with van der Waals surface area (Å²) in [4.78, 5) is 0. The average Bonchev–Trinajstić information content (AvgIpc) is 2.25. The van der Waals surface area contributed by atoms with Gasteiger partial charge in [0.15, 0.2) is 0 Å². The van der Waals surface area contributed by atoms with Gasteiger partial charge >= 0.3 is 0 Å². The summed E-state index contributed by atoms with van der Waals surface area (Å²) in [5.41, 5.74) is 1.10. The molecule has 1 aliphatic rings. The summed E-state index contributed by atoms with van der Waals surface area (Å²) in [5.74, 6) is 1.78. The van der Waals surface area contributed by atoms with Crippen molar-refractivity contribution in [3.63, 3.8) is 0 Å². The quantitative estimate of drug-likeness (QED) is 0.531. The molecule has 2 atom stereocenters. The molecule has 0 bridgehead atoms. The Labute approximate surface area is 100 Å². The monoisotopic (exact) mass is 225 g/mol. The van der Waals surface area contributed by atoms with Crippen molar-refractivity contribution in [1.82, 2.24) is 5.32 Å². The lowest BCUT2D eigenvalue weighted by molar-refractivity contribution is 0.153. The molecule has 1 N–H and O–H groups in total. The van der Waals surface area contributed by atoms with Gasteiger partial charge in [0.05, 0.1) is 13.2 Å². The standard InChI is InChI=1S/C14H27NO/c1-12(2)11-16-9-8-15-10-14-7-5-4-6-13(14)3/h13-15H,1,4-11H2,2-3H3. The van der Waals surface area contributed by atoms with Crippen LogP contribution in [0.1, 0.15) is 39.5 Å². The van der Waals surface area contributed by atoms with Crippen molar-refractivity contribution in [2.45, 2.75) is 39.5 Å². The van der Waals surface area contributed by atoms with Crippen LogP contribution in [0.5, 0.6) is 0 Å². The van der Waals surface area contributed by atoms with E-state index in [0.717, 1.165) is 37.1 Å². The minimum absolute atomic E-state index is 0.696. The normalized spacial score (nSPS) is 25.6. The maximum Gasteiger partial charge on any atom is 0.0672 e. The van der Waals surface area contributed by atoms with Crippen molar-refractivity contribution >= 4 is 0 Å². The fraction of sp³-hybridized carbons (Fsp3) is 0.857. The number of hydrogen-bond donors (Lipinski definition) is 1. The smallest absolute Gasteiger partial charge is 0.0672 e. The maximum atomic E-state index is 5.45.